The molecule has 0 saturated heterocycles. The summed E-state index contributed by atoms with van der Waals surface area (Å²) in [5, 5.41) is 7.42. The molecule has 5 heteroatoms. The average Bonchev–Trinajstić information content (AvgIpc) is 2.85. The van der Waals surface area contributed by atoms with Crippen LogP contribution >= 0.6 is 15.9 Å². The predicted octanol–water partition coefficient (Wildman–Crippen LogP) is 2.62. The SMILES string of the molecule is CNC(C)COc1cnn(-c2ccccc2Br)c1. The van der Waals surface area contributed by atoms with Gasteiger partial charge in [-0.25, -0.2) is 4.68 Å². The molecule has 2 rings (SSSR count). The number of likely N-dealkylation sites (N-methyl/N-ethyl adjacent to an activating group) is 1. The summed E-state index contributed by atoms with van der Waals surface area (Å²) in [7, 11) is 1.92. The van der Waals surface area contributed by atoms with E-state index in [2.05, 4.69) is 33.3 Å². The molecule has 1 aromatic carbocycles. The number of nitrogens with one attached hydrogen (secondary N) is 1. The summed E-state index contributed by atoms with van der Waals surface area (Å²) in [6.07, 6.45) is 3.60. The molecule has 0 amide bonds. The van der Waals surface area contributed by atoms with E-state index in [9.17, 15) is 0 Å². The maximum Gasteiger partial charge on any atom is 0.157 e. The number of para-hydroxylation sites is 1. The van der Waals surface area contributed by atoms with Crippen molar-refractivity contribution < 1.29 is 4.74 Å². The molecule has 0 spiro atoms. The molecule has 0 bridgehead atoms. The molecule has 0 radical (unpaired) electrons. The summed E-state index contributed by atoms with van der Waals surface area (Å²) in [6, 6.07) is 8.25. The van der Waals surface area contributed by atoms with E-state index in [0.29, 0.717) is 12.6 Å². The second kappa shape index (κ2) is 6.02. The highest BCUT2D eigenvalue weighted by Crippen LogP contribution is 2.21. The van der Waals surface area contributed by atoms with E-state index in [1.54, 1.807) is 10.9 Å². The Bertz CT molecular complexity index is 512. The van der Waals surface area contributed by atoms with Crippen molar-refractivity contribution in [3.8, 4) is 11.4 Å². The number of hydrogen-bond acceptors (Lipinski definition) is 3. The molecule has 0 aliphatic heterocycles. The van der Waals surface area contributed by atoms with Crippen molar-refractivity contribution in [2.45, 2.75) is 13.0 Å². The summed E-state index contributed by atoms with van der Waals surface area (Å²) >= 11 is 3.50. The molecule has 18 heavy (non-hydrogen) atoms. The first-order valence-corrected chi connectivity index (χ1v) is 6.59. The van der Waals surface area contributed by atoms with Crippen molar-refractivity contribution in [1.82, 2.24) is 15.1 Å². The van der Waals surface area contributed by atoms with Crippen molar-refractivity contribution >= 4 is 15.9 Å². The summed E-state index contributed by atoms with van der Waals surface area (Å²) < 4.78 is 8.44. The summed E-state index contributed by atoms with van der Waals surface area (Å²) in [4.78, 5) is 0. The molecule has 1 atom stereocenters. The van der Waals surface area contributed by atoms with E-state index >= 15 is 0 Å². The zero-order valence-corrected chi connectivity index (χ0v) is 12.0. The highest BCUT2D eigenvalue weighted by atomic mass is 79.9. The minimum atomic E-state index is 0.316. The number of rotatable bonds is 5. The summed E-state index contributed by atoms with van der Waals surface area (Å²) in [5.74, 6) is 0.771. The Hall–Kier alpha value is -1.33. The van der Waals surface area contributed by atoms with E-state index in [1.165, 1.54) is 0 Å². The Morgan fingerprint density at radius 2 is 2.22 bits per heavy atom. The second-order valence-electron chi connectivity index (χ2n) is 4.07. The van der Waals surface area contributed by atoms with Crippen LogP contribution in [0.5, 0.6) is 5.75 Å². The first-order valence-electron chi connectivity index (χ1n) is 5.80. The van der Waals surface area contributed by atoms with Crippen LogP contribution in [0.2, 0.25) is 0 Å². The molecule has 1 heterocycles. The molecule has 0 fully saturated rings. The highest BCUT2D eigenvalue weighted by molar-refractivity contribution is 9.10. The zero-order chi connectivity index (χ0) is 13.0. The van der Waals surface area contributed by atoms with Crippen LogP contribution < -0.4 is 10.1 Å². The van der Waals surface area contributed by atoms with Gasteiger partial charge in [0.15, 0.2) is 5.75 Å². The van der Waals surface area contributed by atoms with E-state index < -0.39 is 0 Å². The van der Waals surface area contributed by atoms with Crippen molar-refractivity contribution in [3.05, 3.63) is 41.1 Å². The van der Waals surface area contributed by atoms with Gasteiger partial charge < -0.3 is 10.1 Å². The lowest BCUT2D eigenvalue weighted by molar-refractivity contribution is 0.280. The standard InChI is InChI=1S/C13H16BrN3O/c1-10(15-2)9-18-11-7-16-17(8-11)13-6-4-3-5-12(13)14/h3-8,10,15H,9H2,1-2H3. The highest BCUT2D eigenvalue weighted by Gasteiger charge is 2.06. The second-order valence-corrected chi connectivity index (χ2v) is 4.93. The molecule has 0 saturated carbocycles. The van der Waals surface area contributed by atoms with Gasteiger partial charge in [0.05, 0.1) is 18.1 Å². The third kappa shape index (κ3) is 3.11. The van der Waals surface area contributed by atoms with Gasteiger partial charge in [0.25, 0.3) is 0 Å². The van der Waals surface area contributed by atoms with Gasteiger partial charge in [0.2, 0.25) is 0 Å². The lowest BCUT2D eigenvalue weighted by atomic mass is 10.3. The maximum atomic E-state index is 5.64. The molecule has 1 unspecified atom stereocenters. The Balaban J connectivity index is 2.09. The van der Waals surface area contributed by atoms with Crippen molar-refractivity contribution in [2.75, 3.05) is 13.7 Å². The fourth-order valence-electron chi connectivity index (χ4n) is 1.45. The molecule has 0 aliphatic rings. The third-order valence-corrected chi connectivity index (χ3v) is 3.32. The third-order valence-electron chi connectivity index (χ3n) is 2.65. The quantitative estimate of drug-likeness (QED) is 0.923. The first kappa shape index (κ1) is 13.1. The number of halogens is 1. The van der Waals surface area contributed by atoms with Crippen molar-refractivity contribution in [3.63, 3.8) is 0 Å². The Kier molecular flexibility index (Phi) is 4.38. The Labute approximate surface area is 115 Å². The van der Waals surface area contributed by atoms with Crippen LogP contribution in [0, 0.1) is 0 Å². The smallest absolute Gasteiger partial charge is 0.157 e. The minimum Gasteiger partial charge on any atom is -0.489 e. The molecule has 1 aromatic heterocycles. The maximum absolute atomic E-state index is 5.64. The largest absolute Gasteiger partial charge is 0.489 e. The van der Waals surface area contributed by atoms with Crippen molar-refractivity contribution in [1.29, 1.82) is 0 Å². The van der Waals surface area contributed by atoms with Crippen LogP contribution in [-0.4, -0.2) is 29.5 Å². The van der Waals surface area contributed by atoms with Crippen molar-refractivity contribution in [2.24, 2.45) is 0 Å². The van der Waals surface area contributed by atoms with Crippen LogP contribution in [0.4, 0.5) is 0 Å². The number of nitrogens with zero attached hydrogens (tertiary/aromatic N) is 2. The number of benzene rings is 1. The van der Waals surface area contributed by atoms with Gasteiger partial charge in [-0.05, 0) is 42.0 Å². The Morgan fingerprint density at radius 1 is 1.44 bits per heavy atom. The van der Waals surface area contributed by atoms with Gasteiger partial charge in [-0.2, -0.15) is 5.10 Å². The van der Waals surface area contributed by atoms with E-state index in [1.807, 2.05) is 37.5 Å². The topological polar surface area (TPSA) is 39.1 Å². The van der Waals surface area contributed by atoms with Crippen LogP contribution in [0.1, 0.15) is 6.92 Å². The number of ether oxygens (including phenoxy) is 1. The average molecular weight is 310 g/mol. The van der Waals surface area contributed by atoms with Gasteiger partial charge in [0.1, 0.15) is 6.61 Å². The zero-order valence-electron chi connectivity index (χ0n) is 10.4. The predicted molar refractivity (Wildman–Crippen MR) is 75.3 cm³/mol. The summed E-state index contributed by atoms with van der Waals surface area (Å²) in [6.45, 7) is 2.69. The van der Waals surface area contributed by atoms with Crippen LogP contribution in [0.15, 0.2) is 41.1 Å². The summed E-state index contributed by atoms with van der Waals surface area (Å²) in [5.41, 5.74) is 0.994. The fraction of sp³-hybridized carbons (Fsp3) is 0.308. The molecule has 0 aliphatic carbocycles. The molecule has 4 nitrogen and oxygen atoms in total. The number of aromatic nitrogens is 2. The van der Waals surface area contributed by atoms with Crippen LogP contribution in [-0.2, 0) is 0 Å². The molecular weight excluding hydrogens is 294 g/mol. The van der Waals surface area contributed by atoms with E-state index in [4.69, 9.17) is 4.74 Å². The normalized spacial score (nSPS) is 12.4. The van der Waals surface area contributed by atoms with Gasteiger partial charge in [0, 0.05) is 10.5 Å². The lowest BCUT2D eigenvalue weighted by Gasteiger charge is -2.10. The monoisotopic (exact) mass is 309 g/mol. The Morgan fingerprint density at radius 3 is 2.94 bits per heavy atom. The van der Waals surface area contributed by atoms with E-state index in [-0.39, 0.29) is 0 Å². The van der Waals surface area contributed by atoms with Gasteiger partial charge in [-0.1, -0.05) is 12.1 Å². The van der Waals surface area contributed by atoms with Gasteiger partial charge in [-0.3, -0.25) is 0 Å². The van der Waals surface area contributed by atoms with Crippen LogP contribution in [0.3, 0.4) is 0 Å². The van der Waals surface area contributed by atoms with Crippen LogP contribution in [0.25, 0.3) is 5.69 Å². The molecule has 2 aromatic rings. The van der Waals surface area contributed by atoms with E-state index in [0.717, 1.165) is 15.9 Å². The molecular formula is C13H16BrN3O. The lowest BCUT2D eigenvalue weighted by Crippen LogP contribution is -2.28. The minimum absolute atomic E-state index is 0.316. The molecule has 96 valence electrons. The van der Waals surface area contributed by atoms with Gasteiger partial charge in [-0.15, -0.1) is 0 Å². The number of hydrogen-bond donors (Lipinski definition) is 1. The molecule has 1 N–H and O–H groups in total. The van der Waals surface area contributed by atoms with Gasteiger partial charge >= 0.3 is 0 Å². The first-order chi connectivity index (χ1) is 8.70. The fourth-order valence-corrected chi connectivity index (χ4v) is 1.92.